The van der Waals surface area contributed by atoms with Crippen LogP contribution in [0.3, 0.4) is 0 Å². The molecule has 0 radical (unpaired) electrons. The number of carbonyl (C=O) groups is 1. The Morgan fingerprint density at radius 1 is 0.977 bits per heavy atom. The summed E-state index contributed by atoms with van der Waals surface area (Å²) in [5.74, 6) is 0. The number of H-pyrrole nitrogens is 1. The first-order valence-corrected chi connectivity index (χ1v) is 13.7. The molecule has 0 unspecified atom stereocenters. The quantitative estimate of drug-likeness (QED) is 0.0797. The van der Waals surface area contributed by atoms with Gasteiger partial charge in [0, 0.05) is 13.0 Å². The molecule has 0 saturated carbocycles. The first kappa shape index (κ1) is 29.6. The van der Waals surface area contributed by atoms with E-state index in [0.717, 1.165) is 27.5 Å². The second-order valence-electron chi connectivity index (χ2n) is 9.87. The van der Waals surface area contributed by atoms with Crippen LogP contribution in [0, 0.1) is 10.1 Å². The van der Waals surface area contributed by atoms with Gasteiger partial charge >= 0.3 is 16.9 Å². The van der Waals surface area contributed by atoms with E-state index < -0.39 is 45.9 Å². The summed E-state index contributed by atoms with van der Waals surface area (Å²) in [5, 5.41) is 13.9. The minimum Gasteiger partial charge on any atom is -0.373 e. The van der Waals surface area contributed by atoms with Crippen LogP contribution in [0.15, 0.2) is 107 Å². The summed E-state index contributed by atoms with van der Waals surface area (Å²) in [6, 6.07) is 29.3. The van der Waals surface area contributed by atoms with E-state index >= 15 is 0 Å². The van der Waals surface area contributed by atoms with Gasteiger partial charge < -0.3 is 19.5 Å². The first-order chi connectivity index (χ1) is 20.9. The maximum absolute atomic E-state index is 12.7. The third kappa shape index (κ3) is 6.31. The number of benzene rings is 3. The van der Waals surface area contributed by atoms with E-state index in [1.54, 1.807) is 0 Å². The number of nitrogens with one attached hydrogen (secondary N) is 2. The van der Waals surface area contributed by atoms with Crippen molar-refractivity contribution in [2.24, 2.45) is 0 Å². The monoisotopic (exact) mass is 586 g/mol. The molecule has 222 valence electrons. The molecule has 1 aliphatic heterocycles. The second-order valence-corrected chi connectivity index (χ2v) is 9.87. The molecule has 1 saturated heterocycles. The number of hydrogen-bond acceptors (Lipinski definition) is 8. The van der Waals surface area contributed by atoms with Crippen LogP contribution >= 0.6 is 0 Å². The predicted molar refractivity (Wildman–Crippen MR) is 155 cm³/mol. The summed E-state index contributed by atoms with van der Waals surface area (Å²) in [6.45, 7) is 0.392. The second kappa shape index (κ2) is 13.4. The van der Waals surface area contributed by atoms with Crippen molar-refractivity contribution in [3.63, 3.8) is 0 Å². The smallest absolute Gasteiger partial charge is 0.350 e. The summed E-state index contributed by atoms with van der Waals surface area (Å²) in [6.07, 6.45) is -0.758. The Bertz CT molecular complexity index is 1550. The van der Waals surface area contributed by atoms with Crippen molar-refractivity contribution in [1.82, 2.24) is 14.9 Å². The number of ether oxygens (including phenoxy) is 3. The van der Waals surface area contributed by atoms with Crippen molar-refractivity contribution < 1.29 is 23.9 Å². The van der Waals surface area contributed by atoms with Gasteiger partial charge in [0.15, 0.2) is 0 Å². The van der Waals surface area contributed by atoms with E-state index in [4.69, 9.17) is 14.2 Å². The molecule has 0 bridgehead atoms. The molecule has 4 aromatic rings. The largest absolute Gasteiger partial charge is 0.373 e. The fourth-order valence-corrected chi connectivity index (χ4v) is 5.32. The molecule has 3 atom stereocenters. The van der Waals surface area contributed by atoms with Crippen LogP contribution < -0.4 is 16.6 Å². The van der Waals surface area contributed by atoms with Crippen LogP contribution in [-0.2, 0) is 24.6 Å². The minimum absolute atomic E-state index is 0.00115. The van der Waals surface area contributed by atoms with Gasteiger partial charge in [0.25, 0.3) is 0 Å². The molecule has 1 amide bonds. The van der Waals surface area contributed by atoms with Gasteiger partial charge in [-0.2, -0.15) is 0 Å². The lowest BCUT2D eigenvalue weighted by Gasteiger charge is -2.37. The summed E-state index contributed by atoms with van der Waals surface area (Å²) in [4.78, 5) is 47.9. The third-order valence-electron chi connectivity index (χ3n) is 7.30. The summed E-state index contributed by atoms with van der Waals surface area (Å²) >= 11 is 0. The molecule has 3 aromatic carbocycles. The van der Waals surface area contributed by atoms with Gasteiger partial charge in [0.1, 0.15) is 17.9 Å². The molecule has 2 heterocycles. The highest BCUT2D eigenvalue weighted by molar-refractivity contribution is 5.47. The lowest BCUT2D eigenvalue weighted by molar-refractivity contribution is -0.387. The average molecular weight is 587 g/mol. The molecule has 1 aromatic heterocycles. The number of aromatic nitrogens is 2. The standard InChI is InChI=1S/C31H30N4O8/c36-21-32-16-17-41-26-18-28(34-19-25(35(39)40)29(37)33-30(34)38)43-27(26)20-42-31(22-10-4-1-5-11-22,23-12-6-2-7-13-23)24-14-8-3-9-15-24/h1-15,19,21,26-28H,16-18,20H2,(H,32,36)(H,33,37,38)/t26-,27+,28-/m0/s1. The maximum Gasteiger partial charge on any atom is 0.350 e. The van der Waals surface area contributed by atoms with E-state index in [0.29, 0.717) is 6.41 Å². The van der Waals surface area contributed by atoms with Crippen molar-refractivity contribution >= 4 is 12.1 Å². The van der Waals surface area contributed by atoms with E-state index in [2.05, 4.69) is 5.32 Å². The van der Waals surface area contributed by atoms with Crippen LogP contribution in [0.4, 0.5) is 5.69 Å². The van der Waals surface area contributed by atoms with Crippen molar-refractivity contribution in [2.75, 3.05) is 19.8 Å². The number of carbonyl (C=O) groups excluding carboxylic acids is 1. The average Bonchev–Trinajstić information content (AvgIpc) is 3.43. The fourth-order valence-electron chi connectivity index (χ4n) is 5.32. The van der Waals surface area contributed by atoms with E-state index in [1.807, 2.05) is 96.0 Å². The van der Waals surface area contributed by atoms with Gasteiger partial charge in [0.05, 0.1) is 30.4 Å². The Labute approximate surface area is 246 Å². The van der Waals surface area contributed by atoms with Crippen LogP contribution in [0.5, 0.6) is 0 Å². The number of nitro groups is 1. The molecule has 12 nitrogen and oxygen atoms in total. The van der Waals surface area contributed by atoms with Gasteiger partial charge in [-0.1, -0.05) is 91.0 Å². The molecule has 1 aliphatic rings. The number of nitrogens with zero attached hydrogens (tertiary/aromatic N) is 2. The predicted octanol–water partition coefficient (Wildman–Crippen LogP) is 2.87. The molecule has 2 N–H and O–H groups in total. The van der Waals surface area contributed by atoms with Gasteiger partial charge in [-0.05, 0) is 16.7 Å². The number of aromatic amines is 1. The van der Waals surface area contributed by atoms with E-state index in [-0.39, 0.29) is 26.2 Å². The highest BCUT2D eigenvalue weighted by Gasteiger charge is 2.43. The number of hydrogen-bond donors (Lipinski definition) is 2. The molecular formula is C31H30N4O8. The van der Waals surface area contributed by atoms with Crippen molar-refractivity contribution in [3.05, 3.63) is 145 Å². The van der Waals surface area contributed by atoms with Crippen LogP contribution in [0.25, 0.3) is 0 Å². The van der Waals surface area contributed by atoms with Gasteiger partial charge in [-0.3, -0.25) is 29.3 Å². The fraction of sp³-hybridized carbons (Fsp3) is 0.258. The Kier molecular flexibility index (Phi) is 9.20. The minimum atomic E-state index is -1.10. The summed E-state index contributed by atoms with van der Waals surface area (Å²) in [7, 11) is 0. The van der Waals surface area contributed by atoms with Gasteiger partial charge in [-0.25, -0.2) is 4.79 Å². The molecule has 1 fully saturated rings. The molecular weight excluding hydrogens is 556 g/mol. The third-order valence-corrected chi connectivity index (χ3v) is 7.30. The first-order valence-electron chi connectivity index (χ1n) is 13.7. The molecule has 0 aliphatic carbocycles. The van der Waals surface area contributed by atoms with Crippen molar-refractivity contribution in [3.8, 4) is 0 Å². The normalized spacial score (nSPS) is 18.3. The van der Waals surface area contributed by atoms with E-state index in [1.165, 1.54) is 0 Å². The Balaban J connectivity index is 1.52. The lowest BCUT2D eigenvalue weighted by atomic mass is 9.80. The summed E-state index contributed by atoms with van der Waals surface area (Å²) in [5.41, 5.74) is -1.16. The Morgan fingerprint density at radius 2 is 1.53 bits per heavy atom. The molecule has 0 spiro atoms. The maximum atomic E-state index is 12.7. The highest BCUT2D eigenvalue weighted by atomic mass is 16.6. The topological polar surface area (TPSA) is 155 Å². The molecule has 5 rings (SSSR count). The van der Waals surface area contributed by atoms with Crippen LogP contribution in [-0.4, -0.2) is 52.9 Å². The van der Waals surface area contributed by atoms with Gasteiger partial charge in [0.2, 0.25) is 6.41 Å². The van der Waals surface area contributed by atoms with Crippen molar-refractivity contribution in [2.45, 2.75) is 30.5 Å². The highest BCUT2D eigenvalue weighted by Crippen LogP contribution is 2.41. The number of rotatable bonds is 13. The SMILES string of the molecule is O=CNCCO[C@H]1C[C@@H](n2cc([N+](=O)[O-])c(=O)[nH]c2=O)O[C@@H]1COC(c1ccccc1)(c1ccccc1)c1ccccc1. The molecule has 12 heteroatoms. The zero-order chi connectivity index (χ0) is 30.2. The van der Waals surface area contributed by atoms with E-state index in [9.17, 15) is 24.5 Å². The Hall–Kier alpha value is -4.91. The van der Waals surface area contributed by atoms with Crippen molar-refractivity contribution in [1.29, 1.82) is 0 Å². The zero-order valence-electron chi connectivity index (χ0n) is 23.0. The molecule has 43 heavy (non-hydrogen) atoms. The zero-order valence-corrected chi connectivity index (χ0v) is 23.0. The lowest BCUT2D eigenvalue weighted by Crippen LogP contribution is -2.39. The Morgan fingerprint density at radius 3 is 2.05 bits per heavy atom. The van der Waals surface area contributed by atoms with Crippen LogP contribution in [0.1, 0.15) is 29.3 Å². The number of amides is 1. The van der Waals surface area contributed by atoms with Crippen LogP contribution in [0.2, 0.25) is 0 Å². The summed E-state index contributed by atoms with van der Waals surface area (Å²) < 4.78 is 20.2. The van der Waals surface area contributed by atoms with Gasteiger partial charge in [-0.15, -0.1) is 0 Å².